The Morgan fingerprint density at radius 1 is 1.20 bits per heavy atom. The quantitative estimate of drug-likeness (QED) is 0.377. The van der Waals surface area contributed by atoms with Gasteiger partial charge in [0, 0.05) is 0 Å². The number of phosphoric acid groups is 2. The van der Waals surface area contributed by atoms with E-state index in [9.17, 15) is 23.8 Å². The average Bonchev–Trinajstić information content (AvgIpc) is 1.60. The van der Waals surface area contributed by atoms with Crippen molar-refractivity contribution in [3.05, 3.63) is 0 Å². The first-order valence-corrected chi connectivity index (χ1v) is 6.50. The zero-order chi connectivity index (χ0) is 8.41. The van der Waals surface area contributed by atoms with Crippen LogP contribution in [0, 0.1) is 0 Å². The first-order chi connectivity index (χ1) is 4.27. The molecule has 0 aromatic heterocycles. The van der Waals surface area contributed by atoms with Gasteiger partial charge < -0.3 is 0 Å². The summed E-state index contributed by atoms with van der Waals surface area (Å²) in [6.07, 6.45) is 0. The molecule has 0 N–H and O–H groups in total. The molecule has 0 radical (unpaired) electrons. The molecule has 10 heavy (non-hydrogen) atoms. The van der Waals surface area contributed by atoms with Gasteiger partial charge in [0.15, 0.2) is 0 Å². The second-order valence-electron chi connectivity index (χ2n) is 1.16. The third-order valence-electron chi connectivity index (χ3n) is 0.424. The van der Waals surface area contributed by atoms with E-state index in [4.69, 9.17) is 0 Å². The Balaban J connectivity index is 4.17. The van der Waals surface area contributed by atoms with E-state index in [0.29, 0.717) is 0 Å². The van der Waals surface area contributed by atoms with Crippen LogP contribution in [-0.2, 0) is 17.0 Å². The molecule has 1 atom stereocenters. The Hall–Kier alpha value is 0.803. The summed E-state index contributed by atoms with van der Waals surface area (Å²) in [6, 6.07) is 0. The summed E-state index contributed by atoms with van der Waals surface area (Å²) in [4.78, 5) is 29.3. The Kier molecular flexibility index (Phi) is 3.74. The van der Waals surface area contributed by atoms with Crippen molar-refractivity contribution in [3.8, 4) is 0 Å². The predicted octanol–water partition coefficient (Wildman–Crippen LogP) is -3.40. The van der Waals surface area contributed by atoms with E-state index in [1.807, 2.05) is 0 Å². The number of rotatable bonds is 3. The van der Waals surface area contributed by atoms with Crippen LogP contribution in [0.1, 0.15) is 0 Å². The second-order valence-corrected chi connectivity index (χ2v) is 6.26. The Bertz CT molecular complexity index is 190. The molecule has 62 valence electrons. The molecule has 0 aromatic rings. The maximum absolute atomic E-state index is 10.1. The van der Waals surface area contributed by atoms with E-state index < -0.39 is 32.5 Å². The van der Waals surface area contributed by atoms with Gasteiger partial charge in [-0.15, -0.1) is 0 Å². The predicted molar refractivity (Wildman–Crippen MR) is 27.3 cm³/mol. The van der Waals surface area contributed by atoms with E-state index in [2.05, 4.69) is 7.86 Å². The van der Waals surface area contributed by atoms with Crippen LogP contribution in [0.25, 0.3) is 0 Å². The van der Waals surface area contributed by atoms with Crippen molar-refractivity contribution < 1.29 is 31.7 Å². The third-order valence-corrected chi connectivity index (χ3v) is 5.29. The maximum atomic E-state index is 10.1. The first kappa shape index (κ1) is 10.8. The molecule has 0 aliphatic carbocycles. The van der Waals surface area contributed by atoms with Crippen LogP contribution >= 0.6 is 15.6 Å². The summed E-state index contributed by atoms with van der Waals surface area (Å²) < 4.78 is 26.4. The third kappa shape index (κ3) is 5.58. The molecular formula is H3GeO7P2-3. The van der Waals surface area contributed by atoms with Crippen molar-refractivity contribution >= 4 is 32.5 Å². The van der Waals surface area contributed by atoms with Crippen LogP contribution in [0.2, 0.25) is 0 Å². The van der Waals surface area contributed by atoms with Gasteiger partial charge in [-0.1, -0.05) is 0 Å². The van der Waals surface area contributed by atoms with Gasteiger partial charge in [0.1, 0.15) is 0 Å². The van der Waals surface area contributed by atoms with Gasteiger partial charge in [-0.3, -0.25) is 0 Å². The minimum atomic E-state index is -5.47. The fourth-order valence-corrected chi connectivity index (χ4v) is 2.66. The van der Waals surface area contributed by atoms with E-state index in [1.54, 1.807) is 0 Å². The molecule has 0 heterocycles. The van der Waals surface area contributed by atoms with Gasteiger partial charge in [0.05, 0.1) is 0 Å². The summed E-state index contributed by atoms with van der Waals surface area (Å²) >= 11 is -0.584. The van der Waals surface area contributed by atoms with E-state index in [0.717, 1.165) is 0 Å². The Morgan fingerprint density at radius 2 is 1.60 bits per heavy atom. The monoisotopic (exact) mass is 251 g/mol. The SMILES string of the molecule is O=P([O-])([O-])OP(=O)([O-])[O][GeH3]. The molecular weight excluding hydrogens is 247 g/mol. The van der Waals surface area contributed by atoms with Crippen LogP contribution < -0.4 is 14.7 Å². The fourth-order valence-electron chi connectivity index (χ4n) is 0.156. The van der Waals surface area contributed by atoms with Crippen LogP contribution in [0.3, 0.4) is 0 Å². The molecule has 0 saturated heterocycles. The van der Waals surface area contributed by atoms with E-state index in [-0.39, 0.29) is 0 Å². The second kappa shape index (κ2) is 3.47. The summed E-state index contributed by atoms with van der Waals surface area (Å²) in [5, 5.41) is 0. The first-order valence-electron chi connectivity index (χ1n) is 1.87. The van der Waals surface area contributed by atoms with Crippen molar-refractivity contribution in [3.63, 3.8) is 0 Å². The number of hydrogen-bond donors (Lipinski definition) is 0. The molecule has 0 fully saturated rings. The van der Waals surface area contributed by atoms with Gasteiger partial charge in [0.2, 0.25) is 0 Å². The van der Waals surface area contributed by atoms with Crippen molar-refractivity contribution in [1.82, 2.24) is 0 Å². The molecule has 0 saturated carbocycles. The minimum absolute atomic E-state index is 0.584. The van der Waals surface area contributed by atoms with Gasteiger partial charge >= 0.3 is 64.2 Å². The van der Waals surface area contributed by atoms with Crippen molar-refractivity contribution in [2.45, 2.75) is 0 Å². The fraction of sp³-hybridized carbons (Fsp3) is 0. The molecule has 0 aliphatic heterocycles. The molecule has 7 nitrogen and oxygen atoms in total. The zero-order valence-electron chi connectivity index (χ0n) is 4.75. The summed E-state index contributed by atoms with van der Waals surface area (Å²) in [5.74, 6) is 0. The van der Waals surface area contributed by atoms with Crippen molar-refractivity contribution in [2.75, 3.05) is 0 Å². The number of hydrogen-bond acceptors (Lipinski definition) is 7. The van der Waals surface area contributed by atoms with Crippen LogP contribution in [0.15, 0.2) is 0 Å². The molecule has 10 heteroatoms. The van der Waals surface area contributed by atoms with Crippen LogP contribution in [0.5, 0.6) is 0 Å². The molecule has 0 amide bonds. The molecule has 0 spiro atoms. The summed E-state index contributed by atoms with van der Waals surface area (Å²) in [5.41, 5.74) is 0. The summed E-state index contributed by atoms with van der Waals surface area (Å²) in [7, 11) is -10.3. The van der Waals surface area contributed by atoms with Gasteiger partial charge in [-0.25, -0.2) is 0 Å². The van der Waals surface area contributed by atoms with Crippen molar-refractivity contribution in [2.24, 2.45) is 0 Å². The molecule has 0 rings (SSSR count). The standard InChI is InChI=1S/GeH6O7P2/c1-7-10(5,6)8-9(2,3)4/h1H3,(H,5,6)(H2,2,3,4)/p-3. The van der Waals surface area contributed by atoms with E-state index in [1.165, 1.54) is 0 Å². The summed E-state index contributed by atoms with van der Waals surface area (Å²) in [6.45, 7) is 0. The van der Waals surface area contributed by atoms with Crippen molar-refractivity contribution in [1.29, 1.82) is 0 Å². The van der Waals surface area contributed by atoms with Crippen LogP contribution in [0.4, 0.5) is 0 Å². The van der Waals surface area contributed by atoms with Gasteiger partial charge in [-0.2, -0.15) is 0 Å². The average molecular weight is 250 g/mol. The molecule has 1 unspecified atom stereocenters. The van der Waals surface area contributed by atoms with Crippen LogP contribution in [-0.4, -0.2) is 16.9 Å². The molecule has 0 aliphatic rings. The Labute approximate surface area is 64.8 Å². The van der Waals surface area contributed by atoms with E-state index >= 15 is 0 Å². The van der Waals surface area contributed by atoms with Gasteiger partial charge in [0.25, 0.3) is 0 Å². The molecule has 0 bridgehead atoms. The van der Waals surface area contributed by atoms with Gasteiger partial charge in [-0.05, 0) is 0 Å². The Morgan fingerprint density at radius 3 is 1.70 bits per heavy atom. The normalized spacial score (nSPS) is 18.7. The zero-order valence-corrected chi connectivity index (χ0v) is 10.7. The topological polar surface area (TPSA) is 122 Å². The molecule has 0 aromatic carbocycles.